The number of benzene rings is 1. The molecule has 8 heteroatoms. The maximum absolute atomic E-state index is 13.6. The maximum atomic E-state index is 13.6. The summed E-state index contributed by atoms with van der Waals surface area (Å²) in [5.41, 5.74) is -1.14. The van der Waals surface area contributed by atoms with Crippen molar-refractivity contribution >= 4 is 11.8 Å². The quantitative estimate of drug-likeness (QED) is 0.771. The largest absolute Gasteiger partial charge is 0.417 e. The maximum Gasteiger partial charge on any atom is 0.417 e. The second-order valence-electron chi connectivity index (χ2n) is 3.87. The minimum Gasteiger partial charge on any atom is -0.249 e. The number of aromatic nitrogens is 1. The molecule has 108 valence electrons. The fourth-order valence-electron chi connectivity index (χ4n) is 1.43. The number of nitrogens with zero attached hydrogens (tertiary/aromatic N) is 2. The summed E-state index contributed by atoms with van der Waals surface area (Å²) in [6, 6.07) is 5.07. The Labute approximate surface area is 120 Å². The fourth-order valence-corrected chi connectivity index (χ4v) is 2.20. The summed E-state index contributed by atoms with van der Waals surface area (Å²) in [5.74, 6) is -1.95. The summed E-state index contributed by atoms with van der Waals surface area (Å²) in [6.45, 7) is 0. The average molecular weight is 316 g/mol. The molecule has 0 bridgehead atoms. The van der Waals surface area contributed by atoms with Gasteiger partial charge in [-0.25, -0.2) is 13.8 Å². The van der Waals surface area contributed by atoms with E-state index in [0.29, 0.717) is 18.0 Å². The summed E-state index contributed by atoms with van der Waals surface area (Å²) in [6.07, 6.45) is -3.94. The number of rotatable bonds is 2. The van der Waals surface area contributed by atoms with Crippen molar-refractivity contribution in [2.45, 2.75) is 16.1 Å². The predicted octanol–water partition coefficient (Wildman–Crippen LogP) is 4.40. The summed E-state index contributed by atoms with van der Waals surface area (Å²) in [5, 5.41) is 8.57. The third-order valence-corrected chi connectivity index (χ3v) is 3.44. The summed E-state index contributed by atoms with van der Waals surface area (Å²) in [4.78, 5) is 3.08. The van der Waals surface area contributed by atoms with E-state index in [-0.39, 0.29) is 10.6 Å². The Morgan fingerprint density at radius 1 is 1.10 bits per heavy atom. The minimum atomic E-state index is -4.53. The number of pyridine rings is 1. The Morgan fingerprint density at radius 3 is 2.14 bits per heavy atom. The zero-order chi connectivity index (χ0) is 15.6. The first-order valence-corrected chi connectivity index (χ1v) is 6.23. The fraction of sp³-hybridized carbons (Fsp3) is 0.0769. The normalized spacial score (nSPS) is 11.2. The lowest BCUT2D eigenvalue weighted by atomic mass is 10.2. The molecule has 0 saturated carbocycles. The number of halogens is 5. The summed E-state index contributed by atoms with van der Waals surface area (Å²) < 4.78 is 64.3. The molecule has 2 nitrogen and oxygen atoms in total. The summed E-state index contributed by atoms with van der Waals surface area (Å²) >= 11 is 0.541. The standard InChI is InChI=1S/C13H5F5N2S/c14-9-3-7(5-19)4-10(15)12(9)21-11-2-1-8(6-20-11)13(16,17)18/h1-4,6H. The van der Waals surface area contributed by atoms with Crippen LogP contribution in [0.25, 0.3) is 0 Å². The number of hydrogen-bond acceptors (Lipinski definition) is 3. The molecule has 0 amide bonds. The Bertz CT molecular complexity index is 681. The van der Waals surface area contributed by atoms with Crippen LogP contribution < -0.4 is 0 Å². The van der Waals surface area contributed by atoms with E-state index in [1.807, 2.05) is 0 Å². The predicted molar refractivity (Wildman–Crippen MR) is 64.4 cm³/mol. The Hall–Kier alpha value is -2.14. The van der Waals surface area contributed by atoms with Gasteiger partial charge >= 0.3 is 6.18 Å². The Kier molecular flexibility index (Phi) is 4.14. The van der Waals surface area contributed by atoms with Crippen LogP contribution in [0.2, 0.25) is 0 Å². The molecule has 2 aromatic rings. The van der Waals surface area contributed by atoms with E-state index in [1.165, 1.54) is 0 Å². The van der Waals surface area contributed by atoms with E-state index in [2.05, 4.69) is 4.98 Å². The molecular weight excluding hydrogens is 311 g/mol. The van der Waals surface area contributed by atoms with Crippen molar-refractivity contribution in [2.24, 2.45) is 0 Å². The highest BCUT2D eigenvalue weighted by molar-refractivity contribution is 7.99. The second kappa shape index (κ2) is 5.69. The molecule has 0 aliphatic heterocycles. The van der Waals surface area contributed by atoms with Crippen molar-refractivity contribution in [3.63, 3.8) is 0 Å². The molecule has 0 atom stereocenters. The zero-order valence-corrected chi connectivity index (χ0v) is 10.9. The van der Waals surface area contributed by atoms with Crippen LogP contribution in [0, 0.1) is 23.0 Å². The first-order valence-electron chi connectivity index (χ1n) is 5.41. The van der Waals surface area contributed by atoms with E-state index in [9.17, 15) is 22.0 Å². The lowest BCUT2D eigenvalue weighted by Gasteiger charge is -2.07. The van der Waals surface area contributed by atoms with Crippen LogP contribution >= 0.6 is 11.8 Å². The van der Waals surface area contributed by atoms with E-state index in [4.69, 9.17) is 5.26 Å². The van der Waals surface area contributed by atoms with Crippen LogP contribution in [-0.4, -0.2) is 4.98 Å². The molecule has 1 aromatic carbocycles. The highest BCUT2D eigenvalue weighted by atomic mass is 32.2. The number of nitriles is 1. The van der Waals surface area contributed by atoms with Crippen molar-refractivity contribution < 1.29 is 22.0 Å². The highest BCUT2D eigenvalue weighted by Crippen LogP contribution is 2.34. The van der Waals surface area contributed by atoms with Gasteiger partial charge in [-0.05, 0) is 24.3 Å². The van der Waals surface area contributed by atoms with Gasteiger partial charge in [0.15, 0.2) is 0 Å². The van der Waals surface area contributed by atoms with Crippen molar-refractivity contribution in [2.75, 3.05) is 0 Å². The molecule has 0 aliphatic carbocycles. The van der Waals surface area contributed by atoms with Gasteiger partial charge in [0.2, 0.25) is 0 Å². The van der Waals surface area contributed by atoms with Gasteiger partial charge in [-0.3, -0.25) is 0 Å². The molecule has 1 heterocycles. The van der Waals surface area contributed by atoms with Gasteiger partial charge in [0.25, 0.3) is 0 Å². The minimum absolute atomic E-state index is 0.00510. The number of hydrogen-bond donors (Lipinski definition) is 0. The van der Waals surface area contributed by atoms with Crippen LogP contribution in [0.15, 0.2) is 40.4 Å². The Balaban J connectivity index is 2.29. The molecule has 0 radical (unpaired) electrons. The third kappa shape index (κ3) is 3.49. The van der Waals surface area contributed by atoms with Gasteiger partial charge in [-0.15, -0.1) is 0 Å². The van der Waals surface area contributed by atoms with Gasteiger partial charge in [0.1, 0.15) is 16.7 Å². The van der Waals surface area contributed by atoms with Crippen molar-refractivity contribution in [3.8, 4) is 6.07 Å². The third-order valence-electron chi connectivity index (χ3n) is 2.40. The molecule has 0 fully saturated rings. The molecule has 0 saturated heterocycles. The van der Waals surface area contributed by atoms with Gasteiger partial charge in [0.05, 0.1) is 22.1 Å². The van der Waals surface area contributed by atoms with Crippen molar-refractivity contribution in [1.82, 2.24) is 4.98 Å². The van der Waals surface area contributed by atoms with Crippen LogP contribution in [0.5, 0.6) is 0 Å². The van der Waals surface area contributed by atoms with Crippen LogP contribution in [0.1, 0.15) is 11.1 Å². The molecule has 0 aliphatic rings. The highest BCUT2D eigenvalue weighted by Gasteiger charge is 2.30. The average Bonchev–Trinajstić information content (AvgIpc) is 2.42. The van der Waals surface area contributed by atoms with Crippen molar-refractivity contribution in [3.05, 3.63) is 53.2 Å². The molecule has 0 N–H and O–H groups in total. The van der Waals surface area contributed by atoms with Crippen LogP contribution in [0.4, 0.5) is 22.0 Å². The molecule has 2 rings (SSSR count). The van der Waals surface area contributed by atoms with E-state index in [1.54, 1.807) is 6.07 Å². The van der Waals surface area contributed by atoms with Crippen LogP contribution in [-0.2, 0) is 6.18 Å². The molecule has 1 aromatic heterocycles. The van der Waals surface area contributed by atoms with Gasteiger partial charge in [-0.1, -0.05) is 11.8 Å². The monoisotopic (exact) mass is 316 g/mol. The van der Waals surface area contributed by atoms with Gasteiger partial charge in [-0.2, -0.15) is 18.4 Å². The first-order chi connectivity index (χ1) is 9.81. The molecular formula is C13H5F5N2S. The van der Waals surface area contributed by atoms with Gasteiger partial charge in [0, 0.05) is 6.20 Å². The molecule has 0 spiro atoms. The van der Waals surface area contributed by atoms with Gasteiger partial charge < -0.3 is 0 Å². The lowest BCUT2D eigenvalue weighted by Crippen LogP contribution is -2.05. The Morgan fingerprint density at radius 2 is 1.71 bits per heavy atom. The van der Waals surface area contributed by atoms with E-state index in [0.717, 1.165) is 24.3 Å². The first kappa shape index (κ1) is 15.3. The van der Waals surface area contributed by atoms with Crippen LogP contribution in [0.3, 0.4) is 0 Å². The SMILES string of the molecule is N#Cc1cc(F)c(Sc2ccc(C(F)(F)F)cn2)c(F)c1. The second-order valence-corrected chi connectivity index (χ2v) is 4.90. The molecule has 21 heavy (non-hydrogen) atoms. The smallest absolute Gasteiger partial charge is 0.249 e. The topological polar surface area (TPSA) is 36.7 Å². The van der Waals surface area contributed by atoms with E-state index >= 15 is 0 Å². The van der Waals surface area contributed by atoms with E-state index < -0.39 is 28.3 Å². The molecule has 0 unspecified atom stereocenters. The summed E-state index contributed by atoms with van der Waals surface area (Å²) in [7, 11) is 0. The number of alkyl halides is 3. The van der Waals surface area contributed by atoms with Crippen molar-refractivity contribution in [1.29, 1.82) is 5.26 Å². The zero-order valence-electron chi connectivity index (χ0n) is 10.1. The lowest BCUT2D eigenvalue weighted by molar-refractivity contribution is -0.137.